The lowest BCUT2D eigenvalue weighted by Gasteiger charge is -2.33. The minimum absolute atomic E-state index is 0.270. The molecule has 2 aliphatic carbocycles. The van der Waals surface area contributed by atoms with Gasteiger partial charge in [-0.1, -0.05) is 37.6 Å². The molecule has 2 aliphatic rings. The van der Waals surface area contributed by atoms with Crippen LogP contribution in [0.5, 0.6) is 0 Å². The van der Waals surface area contributed by atoms with Gasteiger partial charge in [0.25, 0.3) is 0 Å². The van der Waals surface area contributed by atoms with Gasteiger partial charge in [0.15, 0.2) is 5.78 Å². The van der Waals surface area contributed by atoms with Crippen LogP contribution < -0.4 is 0 Å². The van der Waals surface area contributed by atoms with Crippen molar-refractivity contribution in [3.63, 3.8) is 0 Å². The number of allylic oxidation sites excluding steroid dienone is 2. The largest absolute Gasteiger partial charge is 0.295 e. The van der Waals surface area contributed by atoms with Crippen LogP contribution in [0.15, 0.2) is 30.3 Å². The molecule has 0 aliphatic heterocycles. The maximum atomic E-state index is 11.7. The van der Waals surface area contributed by atoms with Gasteiger partial charge in [0.05, 0.1) is 0 Å². The molecule has 1 unspecified atom stereocenters. The van der Waals surface area contributed by atoms with Gasteiger partial charge in [-0.05, 0) is 42.0 Å². The monoisotopic (exact) mass is 226 g/mol. The van der Waals surface area contributed by atoms with Crippen molar-refractivity contribution in [3.8, 4) is 0 Å². The molecule has 0 saturated carbocycles. The molecule has 1 aromatic rings. The molecule has 0 amide bonds. The van der Waals surface area contributed by atoms with E-state index in [-0.39, 0.29) is 5.41 Å². The third-order valence-corrected chi connectivity index (χ3v) is 4.29. The summed E-state index contributed by atoms with van der Waals surface area (Å²) in [6.45, 7) is 2.24. The second-order valence-electron chi connectivity index (χ2n) is 5.39. The molecule has 0 spiro atoms. The quantitative estimate of drug-likeness (QED) is 0.750. The van der Waals surface area contributed by atoms with E-state index in [1.807, 2.05) is 6.08 Å². The first-order valence-electron chi connectivity index (χ1n) is 6.58. The summed E-state index contributed by atoms with van der Waals surface area (Å²) in [5.41, 5.74) is 4.36. The Balaban J connectivity index is 2.14. The molecule has 0 radical (unpaired) electrons. The topological polar surface area (TPSA) is 17.1 Å². The van der Waals surface area contributed by atoms with E-state index in [1.165, 1.54) is 29.5 Å². The standard InChI is InChI=1S/C16H18O/c1-2-8-16-9-7-13(17)10-15(16)14-6-4-3-5-12(14)11-16/h3-6,10H,2,7-9,11H2,1H3. The van der Waals surface area contributed by atoms with Gasteiger partial charge in [0.1, 0.15) is 0 Å². The van der Waals surface area contributed by atoms with Crippen LogP contribution in [0.1, 0.15) is 43.7 Å². The van der Waals surface area contributed by atoms with Crippen molar-refractivity contribution in [2.24, 2.45) is 5.41 Å². The van der Waals surface area contributed by atoms with Crippen molar-refractivity contribution in [2.45, 2.75) is 39.0 Å². The van der Waals surface area contributed by atoms with Crippen molar-refractivity contribution in [1.29, 1.82) is 0 Å². The molecule has 0 fully saturated rings. The predicted molar refractivity (Wildman–Crippen MR) is 69.7 cm³/mol. The number of benzene rings is 1. The number of rotatable bonds is 2. The Kier molecular flexibility index (Phi) is 2.43. The highest BCUT2D eigenvalue weighted by atomic mass is 16.1. The number of carbonyl (C=O) groups is 1. The normalized spacial score (nSPS) is 26.4. The number of ketones is 1. The Hall–Kier alpha value is -1.37. The van der Waals surface area contributed by atoms with E-state index >= 15 is 0 Å². The van der Waals surface area contributed by atoms with E-state index in [4.69, 9.17) is 0 Å². The third kappa shape index (κ3) is 1.56. The Morgan fingerprint density at radius 3 is 2.94 bits per heavy atom. The van der Waals surface area contributed by atoms with Crippen molar-refractivity contribution >= 4 is 11.4 Å². The van der Waals surface area contributed by atoms with Crippen LogP contribution in [0.25, 0.3) is 5.57 Å². The second kappa shape index (κ2) is 3.83. The highest BCUT2D eigenvalue weighted by Crippen LogP contribution is 2.54. The SMILES string of the molecule is CCCC12CCC(=O)C=C1c1ccccc1C2. The molecule has 1 atom stereocenters. The lowest BCUT2D eigenvalue weighted by molar-refractivity contribution is -0.115. The zero-order valence-corrected chi connectivity index (χ0v) is 10.3. The molecular weight excluding hydrogens is 208 g/mol. The number of fused-ring (bicyclic) bond motifs is 3. The molecule has 1 nitrogen and oxygen atoms in total. The molecule has 0 aromatic heterocycles. The minimum Gasteiger partial charge on any atom is -0.295 e. The van der Waals surface area contributed by atoms with E-state index in [2.05, 4.69) is 31.2 Å². The highest BCUT2D eigenvalue weighted by molar-refractivity contribution is 6.01. The smallest absolute Gasteiger partial charge is 0.156 e. The molecule has 0 bridgehead atoms. The fourth-order valence-corrected chi connectivity index (χ4v) is 3.56. The van der Waals surface area contributed by atoms with Gasteiger partial charge in [0, 0.05) is 11.8 Å². The van der Waals surface area contributed by atoms with Gasteiger partial charge in [0.2, 0.25) is 0 Å². The number of carbonyl (C=O) groups excluding carboxylic acids is 1. The van der Waals surface area contributed by atoms with E-state index in [0.29, 0.717) is 5.78 Å². The van der Waals surface area contributed by atoms with Crippen LogP contribution in [-0.2, 0) is 11.2 Å². The minimum atomic E-state index is 0.270. The predicted octanol–water partition coefficient (Wildman–Crippen LogP) is 3.78. The van der Waals surface area contributed by atoms with Crippen LogP contribution >= 0.6 is 0 Å². The van der Waals surface area contributed by atoms with E-state index in [0.717, 1.165) is 19.3 Å². The van der Waals surface area contributed by atoms with Gasteiger partial charge in [-0.3, -0.25) is 4.79 Å². The van der Waals surface area contributed by atoms with Crippen molar-refractivity contribution < 1.29 is 4.79 Å². The maximum absolute atomic E-state index is 11.7. The Morgan fingerprint density at radius 1 is 1.29 bits per heavy atom. The molecule has 0 saturated heterocycles. The maximum Gasteiger partial charge on any atom is 0.156 e. The van der Waals surface area contributed by atoms with Crippen molar-refractivity contribution in [1.82, 2.24) is 0 Å². The summed E-state index contributed by atoms with van der Waals surface area (Å²) in [4.78, 5) is 11.7. The first-order valence-corrected chi connectivity index (χ1v) is 6.58. The van der Waals surface area contributed by atoms with Gasteiger partial charge in [-0.2, -0.15) is 0 Å². The third-order valence-electron chi connectivity index (χ3n) is 4.29. The fraction of sp³-hybridized carbons (Fsp3) is 0.438. The van der Waals surface area contributed by atoms with E-state index in [1.54, 1.807) is 0 Å². The zero-order valence-electron chi connectivity index (χ0n) is 10.3. The zero-order chi connectivity index (χ0) is 11.9. The Bertz CT molecular complexity index is 498. The van der Waals surface area contributed by atoms with E-state index in [9.17, 15) is 4.79 Å². The second-order valence-corrected chi connectivity index (χ2v) is 5.39. The first-order chi connectivity index (χ1) is 8.25. The van der Waals surface area contributed by atoms with Crippen molar-refractivity contribution in [3.05, 3.63) is 41.5 Å². The summed E-state index contributed by atoms with van der Waals surface area (Å²) in [7, 11) is 0. The molecule has 1 heteroatoms. The summed E-state index contributed by atoms with van der Waals surface area (Å²) < 4.78 is 0. The average molecular weight is 226 g/mol. The summed E-state index contributed by atoms with van der Waals surface area (Å²) >= 11 is 0. The van der Waals surface area contributed by atoms with Gasteiger partial charge in [-0.15, -0.1) is 0 Å². The Morgan fingerprint density at radius 2 is 2.12 bits per heavy atom. The van der Waals surface area contributed by atoms with Gasteiger partial charge < -0.3 is 0 Å². The summed E-state index contributed by atoms with van der Waals surface area (Å²) in [6, 6.07) is 8.59. The summed E-state index contributed by atoms with van der Waals surface area (Å²) in [6.07, 6.45) is 7.24. The first kappa shape index (κ1) is 10.8. The number of hydrogen-bond acceptors (Lipinski definition) is 1. The lowest BCUT2D eigenvalue weighted by Crippen LogP contribution is -2.25. The van der Waals surface area contributed by atoms with E-state index < -0.39 is 0 Å². The van der Waals surface area contributed by atoms with Gasteiger partial charge >= 0.3 is 0 Å². The molecule has 88 valence electrons. The van der Waals surface area contributed by atoms with Crippen molar-refractivity contribution in [2.75, 3.05) is 0 Å². The summed E-state index contributed by atoms with van der Waals surface area (Å²) in [5.74, 6) is 0.309. The fourth-order valence-electron chi connectivity index (χ4n) is 3.56. The lowest BCUT2D eigenvalue weighted by atomic mass is 9.70. The Labute approximate surface area is 103 Å². The number of hydrogen-bond donors (Lipinski definition) is 0. The van der Waals surface area contributed by atoms with Crippen LogP contribution in [0.3, 0.4) is 0 Å². The molecule has 0 N–H and O–H groups in total. The molecule has 1 aromatic carbocycles. The molecule has 17 heavy (non-hydrogen) atoms. The van der Waals surface area contributed by atoms with Crippen LogP contribution in [0, 0.1) is 5.41 Å². The van der Waals surface area contributed by atoms with Crippen LogP contribution in [0.4, 0.5) is 0 Å². The van der Waals surface area contributed by atoms with Gasteiger partial charge in [-0.25, -0.2) is 0 Å². The molecule has 3 rings (SSSR count). The molecular formula is C16H18O. The highest BCUT2D eigenvalue weighted by Gasteiger charge is 2.42. The summed E-state index contributed by atoms with van der Waals surface area (Å²) in [5, 5.41) is 0. The van der Waals surface area contributed by atoms with Crippen LogP contribution in [-0.4, -0.2) is 5.78 Å². The molecule has 0 heterocycles. The van der Waals surface area contributed by atoms with Crippen LogP contribution in [0.2, 0.25) is 0 Å². The average Bonchev–Trinajstić information content (AvgIpc) is 2.64.